The largest absolute Gasteiger partial charge is 0.486 e. The van der Waals surface area contributed by atoms with E-state index >= 15 is 0 Å². The van der Waals surface area contributed by atoms with Crippen LogP contribution in [-0.2, 0) is 14.3 Å². The number of nitrogens with one attached hydrogen (secondary N) is 1. The predicted octanol–water partition coefficient (Wildman–Crippen LogP) is 0.967. The molecule has 0 radical (unpaired) electrons. The Hall–Kier alpha value is -2.32. The first-order valence-corrected chi connectivity index (χ1v) is 9.37. The molecule has 0 atom stereocenters. The van der Waals surface area contributed by atoms with E-state index in [1.54, 1.807) is 23.1 Å². The molecule has 1 saturated heterocycles. The fraction of sp³-hybridized carbons (Fsp3) is 0.579. The molecule has 0 spiro atoms. The van der Waals surface area contributed by atoms with Crippen molar-refractivity contribution in [2.75, 3.05) is 64.5 Å². The van der Waals surface area contributed by atoms with E-state index in [2.05, 4.69) is 10.2 Å². The maximum absolute atomic E-state index is 12.3. The smallest absolute Gasteiger partial charge is 0.226 e. The highest BCUT2D eigenvalue weighted by atomic mass is 16.6. The Morgan fingerprint density at radius 3 is 2.56 bits per heavy atom. The highest BCUT2D eigenvalue weighted by Gasteiger charge is 2.16. The summed E-state index contributed by atoms with van der Waals surface area (Å²) in [5, 5.41) is 2.85. The average Bonchev–Trinajstić information content (AvgIpc) is 2.68. The molecule has 2 aliphatic rings. The van der Waals surface area contributed by atoms with E-state index in [1.807, 2.05) is 0 Å². The van der Waals surface area contributed by atoms with Crippen molar-refractivity contribution in [3.8, 4) is 11.5 Å². The molecule has 0 aromatic heterocycles. The molecule has 0 unspecified atom stereocenters. The van der Waals surface area contributed by atoms with Crippen LogP contribution in [0.2, 0.25) is 0 Å². The average molecular weight is 377 g/mol. The van der Waals surface area contributed by atoms with Gasteiger partial charge in [0, 0.05) is 57.8 Å². The first-order chi connectivity index (χ1) is 13.1. The molecule has 8 heteroatoms. The summed E-state index contributed by atoms with van der Waals surface area (Å²) in [6.07, 6.45) is 0.247. The summed E-state index contributed by atoms with van der Waals surface area (Å²) in [5.41, 5.74) is 0.659. The summed E-state index contributed by atoms with van der Waals surface area (Å²) < 4.78 is 16.3. The third-order valence-electron chi connectivity index (χ3n) is 4.67. The zero-order chi connectivity index (χ0) is 19.1. The van der Waals surface area contributed by atoms with Gasteiger partial charge in [-0.2, -0.15) is 0 Å². The molecule has 0 aliphatic carbocycles. The fourth-order valence-electron chi connectivity index (χ4n) is 3.09. The van der Waals surface area contributed by atoms with Gasteiger partial charge in [-0.1, -0.05) is 0 Å². The van der Waals surface area contributed by atoms with Crippen LogP contribution in [0.15, 0.2) is 18.2 Å². The normalized spacial score (nSPS) is 16.6. The van der Waals surface area contributed by atoms with Gasteiger partial charge in [0.2, 0.25) is 11.8 Å². The molecule has 0 saturated carbocycles. The molecule has 0 bridgehead atoms. The topological polar surface area (TPSA) is 80.3 Å². The lowest BCUT2D eigenvalue weighted by Gasteiger charge is -2.29. The van der Waals surface area contributed by atoms with Gasteiger partial charge < -0.3 is 24.4 Å². The minimum Gasteiger partial charge on any atom is -0.486 e. The van der Waals surface area contributed by atoms with Gasteiger partial charge >= 0.3 is 0 Å². The SMILES string of the molecule is CC(=O)N(CCC(=O)Nc1ccc2c(c1)OCCO2)CCN1CCOCC1. The maximum atomic E-state index is 12.3. The first kappa shape index (κ1) is 19.4. The molecule has 3 rings (SSSR count). The zero-order valence-electron chi connectivity index (χ0n) is 15.7. The number of carbonyl (C=O) groups is 2. The van der Waals surface area contributed by atoms with Crippen molar-refractivity contribution < 1.29 is 23.8 Å². The molecule has 8 nitrogen and oxygen atoms in total. The number of ether oxygens (including phenoxy) is 3. The van der Waals surface area contributed by atoms with Crippen molar-refractivity contribution in [2.24, 2.45) is 0 Å². The number of morpholine rings is 1. The lowest BCUT2D eigenvalue weighted by atomic mass is 10.2. The number of benzene rings is 1. The molecule has 2 amide bonds. The Morgan fingerprint density at radius 2 is 1.81 bits per heavy atom. The van der Waals surface area contributed by atoms with E-state index in [9.17, 15) is 9.59 Å². The minimum atomic E-state index is -0.135. The Kier molecular flexibility index (Phi) is 6.89. The van der Waals surface area contributed by atoms with Gasteiger partial charge in [0.25, 0.3) is 0 Å². The fourth-order valence-corrected chi connectivity index (χ4v) is 3.09. The molecule has 1 aromatic rings. The summed E-state index contributed by atoms with van der Waals surface area (Å²) in [5.74, 6) is 1.17. The van der Waals surface area contributed by atoms with E-state index < -0.39 is 0 Å². The van der Waals surface area contributed by atoms with Crippen LogP contribution in [0.1, 0.15) is 13.3 Å². The summed E-state index contributed by atoms with van der Waals surface area (Å²) in [7, 11) is 0. The number of amides is 2. The monoisotopic (exact) mass is 377 g/mol. The Balaban J connectivity index is 1.45. The van der Waals surface area contributed by atoms with Crippen LogP contribution in [0.5, 0.6) is 11.5 Å². The summed E-state index contributed by atoms with van der Waals surface area (Å²) in [4.78, 5) is 28.1. The standard InChI is InChI=1S/C19H27N3O5/c1-15(23)22(7-6-21-8-10-25-11-9-21)5-4-19(24)20-16-2-3-17-18(14-16)27-13-12-26-17/h2-3,14H,4-13H2,1H3,(H,20,24). The molecule has 1 N–H and O–H groups in total. The molecular formula is C19H27N3O5. The molecule has 1 aromatic carbocycles. The van der Waals surface area contributed by atoms with Gasteiger partial charge in [0.05, 0.1) is 13.2 Å². The van der Waals surface area contributed by atoms with Gasteiger partial charge in [0.15, 0.2) is 11.5 Å². The van der Waals surface area contributed by atoms with Gasteiger partial charge in [-0.05, 0) is 12.1 Å². The van der Waals surface area contributed by atoms with Crippen molar-refractivity contribution in [1.82, 2.24) is 9.80 Å². The molecule has 2 aliphatic heterocycles. The Labute approximate surface area is 159 Å². The lowest BCUT2D eigenvalue weighted by molar-refractivity contribution is -0.129. The Morgan fingerprint density at radius 1 is 1.07 bits per heavy atom. The highest BCUT2D eigenvalue weighted by Crippen LogP contribution is 2.32. The van der Waals surface area contributed by atoms with E-state index in [0.29, 0.717) is 43.5 Å². The van der Waals surface area contributed by atoms with Gasteiger partial charge in [0.1, 0.15) is 13.2 Å². The van der Waals surface area contributed by atoms with Crippen LogP contribution in [0.4, 0.5) is 5.69 Å². The number of anilines is 1. The van der Waals surface area contributed by atoms with Gasteiger partial charge in [-0.15, -0.1) is 0 Å². The van der Waals surface area contributed by atoms with Crippen LogP contribution in [0.25, 0.3) is 0 Å². The first-order valence-electron chi connectivity index (χ1n) is 9.37. The third kappa shape index (κ3) is 5.83. The zero-order valence-corrected chi connectivity index (χ0v) is 15.7. The number of fused-ring (bicyclic) bond motifs is 1. The van der Waals surface area contributed by atoms with Crippen LogP contribution >= 0.6 is 0 Å². The van der Waals surface area contributed by atoms with Crippen molar-refractivity contribution in [1.29, 1.82) is 0 Å². The number of carbonyl (C=O) groups excluding carboxylic acids is 2. The Bertz CT molecular complexity index is 661. The summed E-state index contributed by atoms with van der Waals surface area (Å²) in [6.45, 7) is 7.63. The molecule has 1 fully saturated rings. The maximum Gasteiger partial charge on any atom is 0.226 e. The van der Waals surface area contributed by atoms with E-state index in [0.717, 1.165) is 32.8 Å². The van der Waals surface area contributed by atoms with Crippen LogP contribution in [0.3, 0.4) is 0 Å². The van der Waals surface area contributed by atoms with E-state index in [1.165, 1.54) is 6.92 Å². The van der Waals surface area contributed by atoms with Crippen molar-refractivity contribution >= 4 is 17.5 Å². The number of nitrogens with zero attached hydrogens (tertiary/aromatic N) is 2. The summed E-state index contributed by atoms with van der Waals surface area (Å²) >= 11 is 0. The molecule has 2 heterocycles. The third-order valence-corrected chi connectivity index (χ3v) is 4.67. The highest BCUT2D eigenvalue weighted by molar-refractivity contribution is 5.91. The van der Waals surface area contributed by atoms with Crippen LogP contribution in [0, 0.1) is 0 Å². The molecule has 27 heavy (non-hydrogen) atoms. The van der Waals surface area contributed by atoms with E-state index in [-0.39, 0.29) is 18.2 Å². The summed E-state index contributed by atoms with van der Waals surface area (Å²) in [6, 6.07) is 5.33. The number of hydrogen-bond donors (Lipinski definition) is 1. The lowest BCUT2D eigenvalue weighted by Crippen LogP contribution is -2.43. The van der Waals surface area contributed by atoms with Crippen molar-refractivity contribution in [3.63, 3.8) is 0 Å². The second kappa shape index (κ2) is 9.57. The quantitative estimate of drug-likeness (QED) is 0.763. The van der Waals surface area contributed by atoms with Gasteiger partial charge in [-0.25, -0.2) is 0 Å². The second-order valence-corrected chi connectivity index (χ2v) is 6.62. The van der Waals surface area contributed by atoms with Crippen LogP contribution in [-0.4, -0.2) is 80.8 Å². The van der Waals surface area contributed by atoms with Gasteiger partial charge in [-0.3, -0.25) is 14.5 Å². The predicted molar refractivity (Wildman–Crippen MR) is 100 cm³/mol. The number of rotatable bonds is 7. The van der Waals surface area contributed by atoms with E-state index in [4.69, 9.17) is 14.2 Å². The van der Waals surface area contributed by atoms with Crippen LogP contribution < -0.4 is 14.8 Å². The molecule has 148 valence electrons. The number of hydrogen-bond acceptors (Lipinski definition) is 6. The molecular weight excluding hydrogens is 350 g/mol. The second-order valence-electron chi connectivity index (χ2n) is 6.62. The minimum absolute atomic E-state index is 0.0182. The van der Waals surface area contributed by atoms with Crippen molar-refractivity contribution in [3.05, 3.63) is 18.2 Å². The van der Waals surface area contributed by atoms with Crippen molar-refractivity contribution in [2.45, 2.75) is 13.3 Å².